The summed E-state index contributed by atoms with van der Waals surface area (Å²) in [5, 5.41) is 9.15. The molecule has 3 N–H and O–H groups in total. The van der Waals surface area contributed by atoms with Crippen molar-refractivity contribution in [1.29, 1.82) is 0 Å². The fraction of sp³-hybridized carbons (Fsp3) is 0.333. The van der Waals surface area contributed by atoms with Gasteiger partial charge in [0.05, 0.1) is 5.56 Å². The molecule has 2 nitrogen and oxygen atoms in total. The summed E-state index contributed by atoms with van der Waals surface area (Å²) >= 11 is 0. The van der Waals surface area contributed by atoms with Crippen LogP contribution >= 0.6 is 0 Å². The minimum Gasteiger partial charge on any atom is -0.507 e. The van der Waals surface area contributed by atoms with Crippen LogP contribution in [0.4, 0.5) is 8.78 Å². The van der Waals surface area contributed by atoms with Crippen LogP contribution in [-0.2, 0) is 5.92 Å². The van der Waals surface area contributed by atoms with Crippen molar-refractivity contribution in [2.75, 3.05) is 6.54 Å². The maximum absolute atomic E-state index is 13.2. The molecule has 4 heteroatoms. The first-order valence-electron chi connectivity index (χ1n) is 3.94. The minimum absolute atomic E-state index is 0.110. The van der Waals surface area contributed by atoms with E-state index in [1.165, 1.54) is 24.3 Å². The number of alkyl halides is 2. The number of rotatable bonds is 3. The van der Waals surface area contributed by atoms with Crippen molar-refractivity contribution in [2.24, 2.45) is 5.73 Å². The maximum Gasteiger partial charge on any atom is 0.278 e. The Morgan fingerprint density at radius 1 is 1.31 bits per heavy atom. The number of hydrogen-bond acceptors (Lipinski definition) is 2. The lowest BCUT2D eigenvalue weighted by Gasteiger charge is -2.16. The molecule has 0 fully saturated rings. The molecule has 1 rings (SSSR count). The van der Waals surface area contributed by atoms with Gasteiger partial charge in [0.25, 0.3) is 5.92 Å². The highest BCUT2D eigenvalue weighted by molar-refractivity contribution is 5.35. The van der Waals surface area contributed by atoms with Crippen LogP contribution in [-0.4, -0.2) is 11.7 Å². The number of halogens is 2. The van der Waals surface area contributed by atoms with Gasteiger partial charge >= 0.3 is 0 Å². The van der Waals surface area contributed by atoms with Gasteiger partial charge in [-0.25, -0.2) is 8.78 Å². The Hall–Kier alpha value is -1.16. The Morgan fingerprint density at radius 3 is 2.46 bits per heavy atom. The van der Waals surface area contributed by atoms with Crippen molar-refractivity contribution in [3.8, 4) is 5.75 Å². The van der Waals surface area contributed by atoms with E-state index in [0.717, 1.165) is 0 Å². The SMILES string of the molecule is NCCC(F)(F)c1ccccc1O. The molecule has 0 saturated heterocycles. The lowest BCUT2D eigenvalue weighted by molar-refractivity contribution is -0.0127. The normalized spacial score (nSPS) is 11.6. The van der Waals surface area contributed by atoms with E-state index in [-0.39, 0.29) is 17.9 Å². The highest BCUT2D eigenvalue weighted by Gasteiger charge is 2.32. The number of benzene rings is 1. The molecule has 0 unspecified atom stereocenters. The van der Waals surface area contributed by atoms with E-state index in [2.05, 4.69) is 0 Å². The minimum atomic E-state index is -3.04. The van der Waals surface area contributed by atoms with Crippen molar-refractivity contribution in [2.45, 2.75) is 12.3 Å². The molecular weight excluding hydrogens is 176 g/mol. The van der Waals surface area contributed by atoms with Gasteiger partial charge in [-0.15, -0.1) is 0 Å². The quantitative estimate of drug-likeness (QED) is 0.758. The van der Waals surface area contributed by atoms with Crippen molar-refractivity contribution in [3.63, 3.8) is 0 Å². The third-order valence-electron chi connectivity index (χ3n) is 1.76. The molecule has 0 heterocycles. The number of phenolic OH excluding ortho intramolecular Hbond substituents is 1. The number of phenols is 1. The summed E-state index contributed by atoms with van der Waals surface area (Å²) in [7, 11) is 0. The standard InChI is InChI=1S/C9H11F2NO/c10-9(11,5-6-12)7-3-1-2-4-8(7)13/h1-4,13H,5-6,12H2. The zero-order valence-corrected chi connectivity index (χ0v) is 7.00. The molecular formula is C9H11F2NO. The first-order chi connectivity index (χ1) is 6.08. The zero-order valence-electron chi connectivity index (χ0n) is 7.00. The zero-order chi connectivity index (χ0) is 9.90. The molecule has 1 aromatic carbocycles. The van der Waals surface area contributed by atoms with Gasteiger partial charge in [-0.3, -0.25) is 0 Å². The van der Waals surface area contributed by atoms with Crippen molar-refractivity contribution < 1.29 is 13.9 Å². The van der Waals surface area contributed by atoms with E-state index < -0.39 is 12.3 Å². The summed E-state index contributed by atoms with van der Waals surface area (Å²) in [6.07, 6.45) is -0.454. The first-order valence-corrected chi connectivity index (χ1v) is 3.94. The van der Waals surface area contributed by atoms with Crippen LogP contribution in [0.15, 0.2) is 24.3 Å². The van der Waals surface area contributed by atoms with Crippen LogP contribution in [0, 0.1) is 0 Å². The summed E-state index contributed by atoms with van der Waals surface area (Å²) in [4.78, 5) is 0. The van der Waals surface area contributed by atoms with Gasteiger partial charge in [0.15, 0.2) is 0 Å². The smallest absolute Gasteiger partial charge is 0.278 e. The average Bonchev–Trinajstić information content (AvgIpc) is 2.04. The van der Waals surface area contributed by atoms with Crippen molar-refractivity contribution in [3.05, 3.63) is 29.8 Å². The molecule has 13 heavy (non-hydrogen) atoms. The molecule has 0 bridgehead atoms. The van der Waals surface area contributed by atoms with Gasteiger partial charge in [0.1, 0.15) is 5.75 Å². The highest BCUT2D eigenvalue weighted by Crippen LogP contribution is 2.36. The van der Waals surface area contributed by atoms with E-state index in [1.54, 1.807) is 0 Å². The van der Waals surface area contributed by atoms with E-state index in [0.29, 0.717) is 0 Å². The molecule has 0 amide bonds. The van der Waals surface area contributed by atoms with Gasteiger partial charge < -0.3 is 10.8 Å². The fourth-order valence-electron chi connectivity index (χ4n) is 1.10. The van der Waals surface area contributed by atoms with Crippen LogP contribution < -0.4 is 5.73 Å². The van der Waals surface area contributed by atoms with Gasteiger partial charge in [-0.05, 0) is 18.7 Å². The lowest BCUT2D eigenvalue weighted by Crippen LogP contribution is -2.18. The molecule has 0 aromatic heterocycles. The van der Waals surface area contributed by atoms with Crippen LogP contribution in [0.1, 0.15) is 12.0 Å². The predicted octanol–water partition coefficient (Wildman–Crippen LogP) is 1.83. The summed E-state index contributed by atoms with van der Waals surface area (Å²) < 4.78 is 26.4. The molecule has 0 aliphatic heterocycles. The van der Waals surface area contributed by atoms with Gasteiger partial charge in [0, 0.05) is 6.42 Å². The molecule has 0 saturated carbocycles. The topological polar surface area (TPSA) is 46.2 Å². The summed E-state index contributed by atoms with van der Waals surface area (Å²) in [5.74, 6) is -3.43. The first kappa shape index (κ1) is 9.92. The molecule has 1 aromatic rings. The second-order valence-corrected chi connectivity index (χ2v) is 2.76. The predicted molar refractivity (Wildman–Crippen MR) is 45.7 cm³/mol. The Labute approximate surface area is 75.0 Å². The van der Waals surface area contributed by atoms with Crippen molar-refractivity contribution >= 4 is 0 Å². The number of nitrogens with two attached hydrogens (primary N) is 1. The van der Waals surface area contributed by atoms with Crippen LogP contribution in [0.5, 0.6) is 5.75 Å². The second kappa shape index (κ2) is 3.70. The van der Waals surface area contributed by atoms with E-state index >= 15 is 0 Å². The largest absolute Gasteiger partial charge is 0.507 e. The Morgan fingerprint density at radius 2 is 1.92 bits per heavy atom. The fourth-order valence-corrected chi connectivity index (χ4v) is 1.10. The van der Waals surface area contributed by atoms with E-state index in [9.17, 15) is 8.78 Å². The lowest BCUT2D eigenvalue weighted by atomic mass is 10.0. The third kappa shape index (κ3) is 2.15. The monoisotopic (exact) mass is 187 g/mol. The third-order valence-corrected chi connectivity index (χ3v) is 1.76. The Balaban J connectivity index is 2.99. The maximum atomic E-state index is 13.2. The molecule has 0 aliphatic carbocycles. The summed E-state index contributed by atoms with van der Waals surface area (Å²) in [6.45, 7) is -0.110. The summed E-state index contributed by atoms with van der Waals surface area (Å²) in [5.41, 5.74) is 4.68. The van der Waals surface area contributed by atoms with Gasteiger partial charge in [0.2, 0.25) is 0 Å². The van der Waals surface area contributed by atoms with Crippen LogP contribution in [0.2, 0.25) is 0 Å². The molecule has 0 radical (unpaired) electrons. The van der Waals surface area contributed by atoms with Crippen LogP contribution in [0.25, 0.3) is 0 Å². The number of aromatic hydroxyl groups is 1. The number of hydrogen-bond donors (Lipinski definition) is 2. The van der Waals surface area contributed by atoms with Crippen molar-refractivity contribution in [1.82, 2.24) is 0 Å². The highest BCUT2D eigenvalue weighted by atomic mass is 19.3. The second-order valence-electron chi connectivity index (χ2n) is 2.76. The number of para-hydroxylation sites is 1. The van der Waals surface area contributed by atoms with Gasteiger partial charge in [-0.2, -0.15) is 0 Å². The average molecular weight is 187 g/mol. The van der Waals surface area contributed by atoms with Gasteiger partial charge in [-0.1, -0.05) is 12.1 Å². The Kier molecular flexibility index (Phi) is 2.83. The molecule has 0 aliphatic rings. The molecule has 72 valence electrons. The van der Waals surface area contributed by atoms with Crippen LogP contribution in [0.3, 0.4) is 0 Å². The molecule has 0 atom stereocenters. The summed E-state index contributed by atoms with van der Waals surface area (Å²) in [6, 6.07) is 5.39. The van der Waals surface area contributed by atoms with E-state index in [1.807, 2.05) is 0 Å². The van der Waals surface area contributed by atoms with E-state index in [4.69, 9.17) is 10.8 Å². The molecule has 0 spiro atoms. The Bertz CT molecular complexity index is 289.